The van der Waals surface area contributed by atoms with Crippen LogP contribution in [0.2, 0.25) is 0 Å². The van der Waals surface area contributed by atoms with E-state index < -0.39 is 0 Å². The molecule has 1 aromatic heterocycles. The van der Waals surface area contributed by atoms with E-state index in [2.05, 4.69) is 35.2 Å². The van der Waals surface area contributed by atoms with Crippen LogP contribution in [0.3, 0.4) is 0 Å². The van der Waals surface area contributed by atoms with Gasteiger partial charge in [-0.25, -0.2) is 9.97 Å². The molecule has 114 valence electrons. The number of nitrogens with one attached hydrogen (secondary N) is 1. The monoisotopic (exact) mass is 281 g/mol. The van der Waals surface area contributed by atoms with E-state index in [-0.39, 0.29) is 0 Å². The summed E-state index contributed by atoms with van der Waals surface area (Å²) < 4.78 is 10.4. The van der Waals surface area contributed by atoms with Gasteiger partial charge in [0.25, 0.3) is 0 Å². The molecular formula is C15H27N3O2. The second-order valence-corrected chi connectivity index (χ2v) is 4.69. The van der Waals surface area contributed by atoms with Crippen molar-refractivity contribution in [1.82, 2.24) is 9.97 Å². The molecule has 20 heavy (non-hydrogen) atoms. The minimum atomic E-state index is 0.617. The summed E-state index contributed by atoms with van der Waals surface area (Å²) in [7, 11) is 1.67. The van der Waals surface area contributed by atoms with Gasteiger partial charge in [0.2, 0.25) is 0 Å². The number of methoxy groups -OCH3 is 1. The standard InChI is InChI=1S/C15H27N3O2/c1-4-6-13-12-15(16-8-5-2)18-14(17-13)7-9-20-11-10-19-3/h12H,4-11H2,1-3H3,(H,16,17,18). The van der Waals surface area contributed by atoms with Crippen molar-refractivity contribution >= 4 is 5.82 Å². The Kier molecular flexibility index (Phi) is 8.91. The summed E-state index contributed by atoms with van der Waals surface area (Å²) in [6.45, 7) is 7.12. The Morgan fingerprint density at radius 1 is 1.05 bits per heavy atom. The molecular weight excluding hydrogens is 254 g/mol. The smallest absolute Gasteiger partial charge is 0.133 e. The molecule has 0 aliphatic heterocycles. The molecule has 5 nitrogen and oxygen atoms in total. The number of hydrogen-bond donors (Lipinski definition) is 1. The molecule has 0 fully saturated rings. The van der Waals surface area contributed by atoms with Crippen molar-refractivity contribution in [3.8, 4) is 0 Å². The zero-order valence-electron chi connectivity index (χ0n) is 12.9. The summed E-state index contributed by atoms with van der Waals surface area (Å²) in [6.07, 6.45) is 3.90. The minimum absolute atomic E-state index is 0.617. The van der Waals surface area contributed by atoms with Crippen molar-refractivity contribution in [3.63, 3.8) is 0 Å². The van der Waals surface area contributed by atoms with Crippen LogP contribution in [0.1, 0.15) is 38.2 Å². The van der Waals surface area contributed by atoms with Crippen LogP contribution in [0.15, 0.2) is 6.07 Å². The van der Waals surface area contributed by atoms with Gasteiger partial charge in [-0.05, 0) is 12.8 Å². The molecule has 0 aliphatic rings. The largest absolute Gasteiger partial charge is 0.382 e. The summed E-state index contributed by atoms with van der Waals surface area (Å²) in [5.41, 5.74) is 1.10. The zero-order valence-corrected chi connectivity index (χ0v) is 12.9. The topological polar surface area (TPSA) is 56.3 Å². The SMILES string of the molecule is CCCNc1cc(CCC)nc(CCOCCOC)n1. The van der Waals surface area contributed by atoms with Crippen molar-refractivity contribution in [3.05, 3.63) is 17.6 Å². The molecule has 0 aliphatic carbocycles. The highest BCUT2D eigenvalue weighted by Gasteiger charge is 2.04. The molecule has 0 bridgehead atoms. The van der Waals surface area contributed by atoms with E-state index >= 15 is 0 Å². The molecule has 1 aromatic rings. The fraction of sp³-hybridized carbons (Fsp3) is 0.733. The normalized spacial score (nSPS) is 10.8. The number of hydrogen-bond acceptors (Lipinski definition) is 5. The van der Waals surface area contributed by atoms with Gasteiger partial charge in [-0.2, -0.15) is 0 Å². The van der Waals surface area contributed by atoms with Gasteiger partial charge in [0.05, 0.1) is 19.8 Å². The Labute approximate surface area is 122 Å². The third-order valence-electron chi connectivity index (χ3n) is 2.79. The second-order valence-electron chi connectivity index (χ2n) is 4.69. The predicted molar refractivity (Wildman–Crippen MR) is 81.2 cm³/mol. The molecule has 0 saturated carbocycles. The van der Waals surface area contributed by atoms with E-state index in [1.807, 2.05) is 0 Å². The van der Waals surface area contributed by atoms with E-state index in [9.17, 15) is 0 Å². The van der Waals surface area contributed by atoms with Crippen LogP contribution in [-0.2, 0) is 22.3 Å². The molecule has 0 radical (unpaired) electrons. The molecule has 0 atom stereocenters. The molecule has 0 spiro atoms. The van der Waals surface area contributed by atoms with Crippen molar-refractivity contribution in [2.45, 2.75) is 39.5 Å². The maximum atomic E-state index is 5.47. The second kappa shape index (κ2) is 10.6. The first-order valence-electron chi connectivity index (χ1n) is 7.47. The number of nitrogens with zero attached hydrogens (tertiary/aromatic N) is 2. The van der Waals surface area contributed by atoms with Crippen LogP contribution in [0, 0.1) is 0 Å². The quantitative estimate of drug-likeness (QED) is 0.631. The summed E-state index contributed by atoms with van der Waals surface area (Å²) in [5, 5.41) is 3.33. The zero-order chi connectivity index (χ0) is 14.6. The first-order chi connectivity index (χ1) is 9.80. The summed E-state index contributed by atoms with van der Waals surface area (Å²) >= 11 is 0. The molecule has 1 heterocycles. The van der Waals surface area contributed by atoms with Crippen LogP contribution in [0.25, 0.3) is 0 Å². The molecule has 0 unspecified atom stereocenters. The van der Waals surface area contributed by atoms with Gasteiger partial charge in [-0.1, -0.05) is 20.3 Å². The third kappa shape index (κ3) is 6.82. The van der Waals surface area contributed by atoms with E-state index in [1.54, 1.807) is 7.11 Å². The summed E-state index contributed by atoms with van der Waals surface area (Å²) in [5.74, 6) is 1.78. The van der Waals surface area contributed by atoms with Gasteiger partial charge in [-0.15, -0.1) is 0 Å². The Hall–Kier alpha value is -1.20. The van der Waals surface area contributed by atoms with Gasteiger partial charge in [0.15, 0.2) is 0 Å². The van der Waals surface area contributed by atoms with Crippen molar-refractivity contribution in [2.24, 2.45) is 0 Å². The number of aryl methyl sites for hydroxylation is 1. The maximum absolute atomic E-state index is 5.47. The van der Waals surface area contributed by atoms with Gasteiger partial charge in [0.1, 0.15) is 11.6 Å². The Bertz CT molecular complexity index is 372. The molecule has 0 amide bonds. The average Bonchev–Trinajstić information content (AvgIpc) is 2.45. The molecule has 0 aromatic carbocycles. The van der Waals surface area contributed by atoms with Gasteiger partial charge >= 0.3 is 0 Å². The van der Waals surface area contributed by atoms with Gasteiger partial charge in [0, 0.05) is 31.8 Å². The Balaban J connectivity index is 2.55. The van der Waals surface area contributed by atoms with E-state index in [0.717, 1.165) is 49.6 Å². The van der Waals surface area contributed by atoms with Gasteiger partial charge in [-0.3, -0.25) is 0 Å². The van der Waals surface area contributed by atoms with E-state index in [0.29, 0.717) is 19.8 Å². The number of anilines is 1. The van der Waals surface area contributed by atoms with Crippen LogP contribution >= 0.6 is 0 Å². The van der Waals surface area contributed by atoms with Crippen molar-refractivity contribution in [1.29, 1.82) is 0 Å². The lowest BCUT2D eigenvalue weighted by molar-refractivity contribution is 0.0716. The predicted octanol–water partition coefficient (Wildman–Crippen LogP) is 2.46. The van der Waals surface area contributed by atoms with E-state index in [4.69, 9.17) is 9.47 Å². The lowest BCUT2D eigenvalue weighted by Crippen LogP contribution is -2.10. The molecule has 1 N–H and O–H groups in total. The van der Waals surface area contributed by atoms with Crippen molar-refractivity contribution in [2.75, 3.05) is 38.8 Å². The van der Waals surface area contributed by atoms with Crippen LogP contribution in [-0.4, -0.2) is 43.4 Å². The summed E-state index contributed by atoms with van der Waals surface area (Å²) in [6, 6.07) is 2.05. The van der Waals surface area contributed by atoms with E-state index in [1.165, 1.54) is 0 Å². The van der Waals surface area contributed by atoms with Crippen LogP contribution < -0.4 is 5.32 Å². The lowest BCUT2D eigenvalue weighted by atomic mass is 10.2. The highest BCUT2D eigenvalue weighted by atomic mass is 16.5. The van der Waals surface area contributed by atoms with Crippen molar-refractivity contribution < 1.29 is 9.47 Å². The highest BCUT2D eigenvalue weighted by molar-refractivity contribution is 5.36. The molecule has 1 rings (SSSR count). The average molecular weight is 281 g/mol. The lowest BCUT2D eigenvalue weighted by Gasteiger charge is -2.09. The first kappa shape index (κ1) is 16.9. The maximum Gasteiger partial charge on any atom is 0.133 e. The number of rotatable bonds is 11. The van der Waals surface area contributed by atoms with Crippen LogP contribution in [0.4, 0.5) is 5.82 Å². The third-order valence-corrected chi connectivity index (χ3v) is 2.79. The molecule has 5 heteroatoms. The van der Waals surface area contributed by atoms with Gasteiger partial charge < -0.3 is 14.8 Å². The number of ether oxygens (including phenoxy) is 2. The fourth-order valence-corrected chi connectivity index (χ4v) is 1.80. The molecule has 0 saturated heterocycles. The van der Waals surface area contributed by atoms with Crippen LogP contribution in [0.5, 0.6) is 0 Å². The first-order valence-corrected chi connectivity index (χ1v) is 7.47. The summed E-state index contributed by atoms with van der Waals surface area (Å²) in [4.78, 5) is 9.12. The fourth-order valence-electron chi connectivity index (χ4n) is 1.80. The Morgan fingerprint density at radius 2 is 1.90 bits per heavy atom. The highest BCUT2D eigenvalue weighted by Crippen LogP contribution is 2.09. The number of aromatic nitrogens is 2. The Morgan fingerprint density at radius 3 is 2.60 bits per heavy atom. The minimum Gasteiger partial charge on any atom is -0.382 e.